The van der Waals surface area contributed by atoms with Crippen molar-refractivity contribution in [2.45, 2.75) is 23.8 Å². The molecule has 1 aliphatic rings. The van der Waals surface area contributed by atoms with Gasteiger partial charge in [0.1, 0.15) is 10.6 Å². The smallest absolute Gasteiger partial charge is 0.270 e. The van der Waals surface area contributed by atoms with Gasteiger partial charge in [0.15, 0.2) is 0 Å². The summed E-state index contributed by atoms with van der Waals surface area (Å²) >= 11 is 0. The van der Waals surface area contributed by atoms with Crippen molar-refractivity contribution in [3.8, 4) is 0 Å². The molecule has 1 atom stereocenters. The van der Waals surface area contributed by atoms with Crippen LogP contribution in [0.5, 0.6) is 0 Å². The summed E-state index contributed by atoms with van der Waals surface area (Å²) in [5.74, 6) is -0.275. The third kappa shape index (κ3) is 2.72. The van der Waals surface area contributed by atoms with E-state index in [0.717, 1.165) is 0 Å². The van der Waals surface area contributed by atoms with Crippen molar-refractivity contribution in [3.05, 3.63) is 18.0 Å². The fourth-order valence-corrected chi connectivity index (χ4v) is 3.09. The second-order valence-corrected chi connectivity index (χ2v) is 7.24. The first-order chi connectivity index (χ1) is 9.16. The van der Waals surface area contributed by atoms with Crippen LogP contribution < -0.4 is 4.72 Å². The molecule has 0 radical (unpaired) electrons. The Morgan fingerprint density at radius 1 is 1.50 bits per heavy atom. The Labute approximate surface area is 118 Å². The molecule has 1 amide bonds. The molecule has 1 fully saturated rings. The van der Waals surface area contributed by atoms with Gasteiger partial charge in [-0.15, -0.1) is 0 Å². The number of β-amino-alcohol motifs (C(OH)–C–C–N with tert-alkyl or cyclic N) is 1. The number of aromatic nitrogens is 1. The lowest BCUT2D eigenvalue weighted by Crippen LogP contribution is -2.34. The molecule has 1 aromatic rings. The number of aliphatic hydroxyl groups is 1. The monoisotopic (exact) mass is 301 g/mol. The number of rotatable bonds is 3. The van der Waals surface area contributed by atoms with Crippen LogP contribution in [0.3, 0.4) is 0 Å². The highest BCUT2D eigenvalue weighted by molar-refractivity contribution is 7.89. The zero-order valence-corrected chi connectivity index (χ0v) is 12.6. The summed E-state index contributed by atoms with van der Waals surface area (Å²) in [6.45, 7) is 2.40. The molecular formula is C12H19N3O4S. The molecule has 0 aliphatic carbocycles. The van der Waals surface area contributed by atoms with E-state index in [-0.39, 0.29) is 23.0 Å². The third-order valence-electron chi connectivity index (χ3n) is 3.52. The SMILES string of the molecule is CNS(=O)(=O)c1cc(C(=O)N2CCC(C)(O)C2)n(C)c1. The van der Waals surface area contributed by atoms with Crippen LogP contribution in [0.2, 0.25) is 0 Å². The van der Waals surface area contributed by atoms with E-state index in [1.807, 2.05) is 0 Å². The molecule has 2 N–H and O–H groups in total. The first kappa shape index (κ1) is 15.0. The molecule has 0 aromatic carbocycles. The molecule has 2 rings (SSSR count). The highest BCUT2D eigenvalue weighted by Gasteiger charge is 2.35. The molecule has 1 aliphatic heterocycles. The van der Waals surface area contributed by atoms with E-state index >= 15 is 0 Å². The van der Waals surface area contributed by atoms with E-state index in [9.17, 15) is 18.3 Å². The first-order valence-corrected chi connectivity index (χ1v) is 7.76. The number of carbonyl (C=O) groups is 1. The summed E-state index contributed by atoms with van der Waals surface area (Å²) in [6.07, 6.45) is 1.91. The van der Waals surface area contributed by atoms with Crippen LogP contribution in [-0.4, -0.2) is 54.6 Å². The quantitative estimate of drug-likeness (QED) is 0.789. The summed E-state index contributed by atoms with van der Waals surface area (Å²) in [7, 11) is -0.629. The number of amides is 1. The van der Waals surface area contributed by atoms with Gasteiger partial charge in [0.25, 0.3) is 5.91 Å². The van der Waals surface area contributed by atoms with Crippen LogP contribution in [0.4, 0.5) is 0 Å². The molecule has 0 bridgehead atoms. The van der Waals surface area contributed by atoms with Crippen LogP contribution in [-0.2, 0) is 17.1 Å². The summed E-state index contributed by atoms with van der Waals surface area (Å²) in [6, 6.07) is 1.35. The number of nitrogens with zero attached hydrogens (tertiary/aromatic N) is 2. The number of nitrogens with one attached hydrogen (secondary N) is 1. The lowest BCUT2D eigenvalue weighted by molar-refractivity contribution is 0.0567. The molecule has 7 nitrogen and oxygen atoms in total. The Bertz CT molecular complexity index is 633. The Morgan fingerprint density at radius 2 is 2.15 bits per heavy atom. The predicted molar refractivity (Wildman–Crippen MR) is 72.8 cm³/mol. The van der Waals surface area contributed by atoms with Gasteiger partial charge in [0.2, 0.25) is 10.0 Å². The fraction of sp³-hybridized carbons (Fsp3) is 0.583. The van der Waals surface area contributed by atoms with Gasteiger partial charge in [-0.1, -0.05) is 0 Å². The molecule has 1 unspecified atom stereocenters. The van der Waals surface area contributed by atoms with Crippen molar-refractivity contribution in [1.82, 2.24) is 14.2 Å². The second-order valence-electron chi connectivity index (χ2n) is 5.35. The van der Waals surface area contributed by atoms with E-state index in [0.29, 0.717) is 13.0 Å². The van der Waals surface area contributed by atoms with Crippen LogP contribution in [0.15, 0.2) is 17.2 Å². The third-order valence-corrected chi connectivity index (χ3v) is 4.90. The number of sulfonamides is 1. The molecule has 0 spiro atoms. The minimum Gasteiger partial charge on any atom is -0.388 e. The van der Waals surface area contributed by atoms with Gasteiger partial charge in [-0.3, -0.25) is 4.79 Å². The van der Waals surface area contributed by atoms with Crippen molar-refractivity contribution < 1.29 is 18.3 Å². The lowest BCUT2D eigenvalue weighted by Gasteiger charge is -2.19. The minimum absolute atomic E-state index is 0.0526. The van der Waals surface area contributed by atoms with Gasteiger partial charge >= 0.3 is 0 Å². The number of carbonyl (C=O) groups excluding carboxylic acids is 1. The topological polar surface area (TPSA) is 91.6 Å². The fourth-order valence-electron chi connectivity index (χ4n) is 2.29. The zero-order valence-electron chi connectivity index (χ0n) is 11.8. The van der Waals surface area contributed by atoms with Gasteiger partial charge in [-0.2, -0.15) is 0 Å². The van der Waals surface area contributed by atoms with Gasteiger partial charge < -0.3 is 14.6 Å². The molecule has 1 saturated heterocycles. The van der Waals surface area contributed by atoms with E-state index in [2.05, 4.69) is 4.72 Å². The normalized spacial score (nSPS) is 23.3. The van der Waals surface area contributed by atoms with E-state index in [1.54, 1.807) is 14.0 Å². The van der Waals surface area contributed by atoms with Crippen LogP contribution in [0.25, 0.3) is 0 Å². The van der Waals surface area contributed by atoms with Crippen molar-refractivity contribution in [2.75, 3.05) is 20.1 Å². The lowest BCUT2D eigenvalue weighted by atomic mass is 10.1. The number of hydrogen-bond donors (Lipinski definition) is 2. The van der Waals surface area contributed by atoms with Gasteiger partial charge in [0, 0.05) is 26.3 Å². The highest BCUT2D eigenvalue weighted by Crippen LogP contribution is 2.23. The van der Waals surface area contributed by atoms with Gasteiger partial charge in [-0.05, 0) is 26.5 Å². The average molecular weight is 301 g/mol. The molecule has 0 saturated carbocycles. The molecule has 20 heavy (non-hydrogen) atoms. The number of aryl methyl sites for hydroxylation is 1. The summed E-state index contributed by atoms with van der Waals surface area (Å²) in [5.41, 5.74) is -0.586. The first-order valence-electron chi connectivity index (χ1n) is 6.28. The van der Waals surface area contributed by atoms with Crippen molar-refractivity contribution in [1.29, 1.82) is 0 Å². The van der Waals surface area contributed by atoms with Gasteiger partial charge in [0.05, 0.1) is 5.60 Å². The number of likely N-dealkylation sites (tertiary alicyclic amines) is 1. The molecule has 8 heteroatoms. The van der Waals surface area contributed by atoms with Crippen LogP contribution in [0.1, 0.15) is 23.8 Å². The maximum Gasteiger partial charge on any atom is 0.270 e. The zero-order chi connectivity index (χ0) is 15.1. The van der Waals surface area contributed by atoms with Crippen molar-refractivity contribution in [3.63, 3.8) is 0 Å². The summed E-state index contributed by atoms with van der Waals surface area (Å²) in [5, 5.41) is 9.90. The Hall–Kier alpha value is -1.38. The van der Waals surface area contributed by atoms with Crippen LogP contribution in [0, 0.1) is 0 Å². The molecule has 112 valence electrons. The van der Waals surface area contributed by atoms with E-state index in [4.69, 9.17) is 0 Å². The highest BCUT2D eigenvalue weighted by atomic mass is 32.2. The maximum absolute atomic E-state index is 12.4. The maximum atomic E-state index is 12.4. The number of hydrogen-bond acceptors (Lipinski definition) is 4. The summed E-state index contributed by atoms with van der Waals surface area (Å²) < 4.78 is 27.1. The average Bonchev–Trinajstić information content (AvgIpc) is 2.92. The predicted octanol–water partition coefficient (Wildman–Crippen LogP) is -0.470. The standard InChI is InChI=1S/C12H19N3O4S/c1-12(17)4-5-15(8-12)11(16)10-6-9(7-14(10)3)20(18,19)13-2/h6-7,13,17H,4-5,8H2,1-3H3. The Morgan fingerprint density at radius 3 is 2.65 bits per heavy atom. The van der Waals surface area contributed by atoms with Crippen molar-refractivity contribution in [2.24, 2.45) is 7.05 Å². The second kappa shape index (κ2) is 4.87. The van der Waals surface area contributed by atoms with Gasteiger partial charge in [-0.25, -0.2) is 13.1 Å². The summed E-state index contributed by atoms with van der Waals surface area (Å²) in [4.78, 5) is 13.9. The Kier molecular flexibility index (Phi) is 3.66. The van der Waals surface area contributed by atoms with Crippen molar-refractivity contribution >= 4 is 15.9 Å². The molecular weight excluding hydrogens is 282 g/mol. The Balaban J connectivity index is 2.28. The molecule has 1 aromatic heterocycles. The van der Waals surface area contributed by atoms with E-state index in [1.165, 1.54) is 28.8 Å². The molecule has 2 heterocycles. The minimum atomic E-state index is -3.57. The van der Waals surface area contributed by atoms with E-state index < -0.39 is 15.6 Å². The van der Waals surface area contributed by atoms with Crippen LogP contribution >= 0.6 is 0 Å². The largest absolute Gasteiger partial charge is 0.388 e.